The first-order chi connectivity index (χ1) is 10.7. The molecule has 0 aliphatic heterocycles. The lowest BCUT2D eigenvalue weighted by molar-refractivity contribution is -0.119. The zero-order valence-electron chi connectivity index (χ0n) is 12.0. The van der Waals surface area contributed by atoms with Gasteiger partial charge in [0.25, 0.3) is 0 Å². The van der Waals surface area contributed by atoms with Crippen LogP contribution in [0.4, 0.5) is 4.39 Å². The van der Waals surface area contributed by atoms with Crippen molar-refractivity contribution in [3.8, 4) is 11.3 Å². The summed E-state index contributed by atoms with van der Waals surface area (Å²) in [6.45, 7) is 0. The lowest BCUT2D eigenvalue weighted by atomic mass is 10.2. The summed E-state index contributed by atoms with van der Waals surface area (Å²) in [5.41, 5.74) is 1.71. The average Bonchev–Trinajstić information content (AvgIpc) is 3.17. The van der Waals surface area contributed by atoms with E-state index in [4.69, 9.17) is 0 Å². The van der Waals surface area contributed by atoms with Crippen LogP contribution in [0.3, 0.4) is 0 Å². The number of hydrogen-bond donors (Lipinski definition) is 1. The van der Waals surface area contributed by atoms with Gasteiger partial charge in [0.1, 0.15) is 5.82 Å². The summed E-state index contributed by atoms with van der Waals surface area (Å²) in [6.07, 6.45) is 4.63. The lowest BCUT2D eigenvalue weighted by Gasteiger charge is -2.10. The van der Waals surface area contributed by atoms with E-state index >= 15 is 0 Å². The number of aromatic nitrogens is 1. The summed E-state index contributed by atoms with van der Waals surface area (Å²) in [5, 5.41) is 5.00. The number of rotatable bonds is 5. The molecule has 1 aliphatic carbocycles. The van der Waals surface area contributed by atoms with Crippen molar-refractivity contribution in [2.75, 3.05) is 5.75 Å². The highest BCUT2D eigenvalue weighted by atomic mass is 32.2. The van der Waals surface area contributed by atoms with E-state index in [-0.39, 0.29) is 11.7 Å². The van der Waals surface area contributed by atoms with Gasteiger partial charge in [0, 0.05) is 17.0 Å². The molecule has 2 aromatic rings. The zero-order valence-corrected chi connectivity index (χ0v) is 13.7. The summed E-state index contributed by atoms with van der Waals surface area (Å²) in [7, 11) is 0. The van der Waals surface area contributed by atoms with Gasteiger partial charge < -0.3 is 5.32 Å². The topological polar surface area (TPSA) is 42.0 Å². The van der Waals surface area contributed by atoms with Gasteiger partial charge in [-0.25, -0.2) is 9.37 Å². The maximum absolute atomic E-state index is 12.9. The molecular weight excluding hydrogens is 319 g/mol. The molecule has 0 saturated heterocycles. The normalized spacial score (nSPS) is 15.1. The Morgan fingerprint density at radius 1 is 1.32 bits per heavy atom. The smallest absolute Gasteiger partial charge is 0.230 e. The number of nitrogens with zero attached hydrogens (tertiary/aromatic N) is 1. The van der Waals surface area contributed by atoms with Crippen molar-refractivity contribution in [1.82, 2.24) is 10.3 Å². The van der Waals surface area contributed by atoms with Gasteiger partial charge in [0.05, 0.1) is 11.4 Å². The van der Waals surface area contributed by atoms with Crippen molar-refractivity contribution in [2.45, 2.75) is 36.1 Å². The molecule has 1 aromatic carbocycles. The monoisotopic (exact) mass is 336 g/mol. The van der Waals surface area contributed by atoms with E-state index in [1.54, 1.807) is 12.1 Å². The molecule has 0 unspecified atom stereocenters. The second-order valence-corrected chi connectivity index (χ2v) is 7.42. The molecule has 1 aliphatic rings. The predicted octanol–water partition coefficient (Wildman–Crippen LogP) is 4.10. The van der Waals surface area contributed by atoms with Crippen LogP contribution in [0, 0.1) is 5.82 Å². The third kappa shape index (κ3) is 4.08. The third-order valence-electron chi connectivity index (χ3n) is 3.67. The number of hydrogen-bond acceptors (Lipinski definition) is 4. The largest absolute Gasteiger partial charge is 0.353 e. The van der Waals surface area contributed by atoms with Gasteiger partial charge in [-0.05, 0) is 37.1 Å². The van der Waals surface area contributed by atoms with E-state index in [1.165, 1.54) is 48.1 Å². The van der Waals surface area contributed by atoms with Crippen LogP contribution in [0.15, 0.2) is 34.0 Å². The Kier molecular flexibility index (Phi) is 5.10. The van der Waals surface area contributed by atoms with Crippen LogP contribution in [0.5, 0.6) is 0 Å². The Morgan fingerprint density at radius 2 is 2.05 bits per heavy atom. The number of thiazole rings is 1. The number of carbonyl (C=O) groups excluding carboxylic acids is 1. The van der Waals surface area contributed by atoms with Gasteiger partial charge in [-0.1, -0.05) is 24.6 Å². The van der Waals surface area contributed by atoms with Crippen molar-refractivity contribution in [1.29, 1.82) is 0 Å². The Balaban J connectivity index is 1.53. The maximum Gasteiger partial charge on any atom is 0.230 e. The highest BCUT2D eigenvalue weighted by Gasteiger charge is 2.17. The fraction of sp³-hybridized carbons (Fsp3) is 0.375. The molecule has 1 amide bonds. The highest BCUT2D eigenvalue weighted by molar-refractivity contribution is 8.01. The highest BCUT2D eigenvalue weighted by Crippen LogP contribution is 2.28. The second-order valence-electron chi connectivity index (χ2n) is 5.34. The van der Waals surface area contributed by atoms with Gasteiger partial charge in [-0.3, -0.25) is 4.79 Å². The van der Waals surface area contributed by atoms with Crippen LogP contribution in [0.2, 0.25) is 0 Å². The van der Waals surface area contributed by atoms with Crippen LogP contribution >= 0.6 is 23.1 Å². The fourth-order valence-corrected chi connectivity index (χ4v) is 4.19. The predicted molar refractivity (Wildman–Crippen MR) is 88.6 cm³/mol. The van der Waals surface area contributed by atoms with Crippen molar-refractivity contribution < 1.29 is 9.18 Å². The van der Waals surface area contributed by atoms with Crippen molar-refractivity contribution in [2.24, 2.45) is 0 Å². The van der Waals surface area contributed by atoms with Crippen LogP contribution in [0.25, 0.3) is 11.3 Å². The number of halogens is 1. The molecule has 6 heteroatoms. The molecule has 0 spiro atoms. The summed E-state index contributed by atoms with van der Waals surface area (Å²) >= 11 is 2.96. The molecule has 22 heavy (non-hydrogen) atoms. The SMILES string of the molecule is O=C(CSc1nc(-c2ccc(F)cc2)cs1)NC1CCCC1. The third-order valence-corrected chi connectivity index (χ3v) is 5.69. The number of amides is 1. The minimum absolute atomic E-state index is 0.0791. The molecular formula is C16H17FN2OS2. The van der Waals surface area contributed by atoms with Gasteiger partial charge in [-0.15, -0.1) is 11.3 Å². The summed E-state index contributed by atoms with van der Waals surface area (Å²) in [5.74, 6) is 0.222. The van der Waals surface area contributed by atoms with Crippen LogP contribution < -0.4 is 5.32 Å². The molecule has 1 fully saturated rings. The first-order valence-electron chi connectivity index (χ1n) is 7.34. The van der Waals surface area contributed by atoms with E-state index in [9.17, 15) is 9.18 Å². The molecule has 0 radical (unpaired) electrons. The van der Waals surface area contributed by atoms with Crippen molar-refractivity contribution >= 4 is 29.0 Å². The molecule has 3 nitrogen and oxygen atoms in total. The number of carbonyl (C=O) groups is 1. The van der Waals surface area contributed by atoms with Gasteiger partial charge >= 0.3 is 0 Å². The number of thioether (sulfide) groups is 1. The Hall–Kier alpha value is -1.40. The Bertz CT molecular complexity index is 636. The van der Waals surface area contributed by atoms with Crippen LogP contribution in [0.1, 0.15) is 25.7 Å². The second kappa shape index (κ2) is 7.24. The molecule has 1 aromatic heterocycles. The molecule has 3 rings (SSSR count). The summed E-state index contributed by atoms with van der Waals surface area (Å²) in [6, 6.07) is 6.64. The van der Waals surface area contributed by atoms with E-state index in [0.29, 0.717) is 11.8 Å². The molecule has 1 heterocycles. The minimum Gasteiger partial charge on any atom is -0.353 e. The number of benzene rings is 1. The van der Waals surface area contributed by atoms with E-state index < -0.39 is 0 Å². The van der Waals surface area contributed by atoms with E-state index in [2.05, 4.69) is 10.3 Å². The Morgan fingerprint density at radius 3 is 2.77 bits per heavy atom. The molecule has 0 atom stereocenters. The van der Waals surface area contributed by atoms with Gasteiger partial charge in [-0.2, -0.15) is 0 Å². The molecule has 0 bridgehead atoms. The minimum atomic E-state index is -0.253. The first kappa shape index (κ1) is 15.5. The van der Waals surface area contributed by atoms with Crippen molar-refractivity contribution in [3.05, 3.63) is 35.5 Å². The zero-order chi connectivity index (χ0) is 15.4. The fourth-order valence-electron chi connectivity index (χ4n) is 2.54. The quantitative estimate of drug-likeness (QED) is 0.836. The average molecular weight is 336 g/mol. The van der Waals surface area contributed by atoms with Crippen LogP contribution in [-0.4, -0.2) is 22.7 Å². The molecule has 1 saturated carbocycles. The Labute approximate surface area is 137 Å². The standard InChI is InChI=1S/C16H17FN2OS2/c17-12-7-5-11(6-8-12)14-9-21-16(19-14)22-10-15(20)18-13-3-1-2-4-13/h5-9,13H,1-4,10H2,(H,18,20). The maximum atomic E-state index is 12.9. The lowest BCUT2D eigenvalue weighted by Crippen LogP contribution is -2.33. The van der Waals surface area contributed by atoms with E-state index in [0.717, 1.165) is 28.4 Å². The first-order valence-corrected chi connectivity index (χ1v) is 9.21. The van der Waals surface area contributed by atoms with Crippen molar-refractivity contribution in [3.63, 3.8) is 0 Å². The molecule has 1 N–H and O–H groups in total. The van der Waals surface area contributed by atoms with E-state index in [1.807, 2.05) is 5.38 Å². The summed E-state index contributed by atoms with van der Waals surface area (Å²) in [4.78, 5) is 16.4. The van der Waals surface area contributed by atoms with Gasteiger partial charge in [0.15, 0.2) is 4.34 Å². The molecule has 116 valence electrons. The van der Waals surface area contributed by atoms with Gasteiger partial charge in [0.2, 0.25) is 5.91 Å². The van der Waals surface area contributed by atoms with Crippen LogP contribution in [-0.2, 0) is 4.79 Å². The number of nitrogens with one attached hydrogen (secondary N) is 1. The summed E-state index contributed by atoms with van der Waals surface area (Å²) < 4.78 is 13.8.